The third-order valence-electron chi connectivity index (χ3n) is 3.57. The quantitative estimate of drug-likeness (QED) is 0.909. The second kappa shape index (κ2) is 6.41. The first kappa shape index (κ1) is 15.7. The van der Waals surface area contributed by atoms with Crippen LogP contribution in [-0.2, 0) is 0 Å². The van der Waals surface area contributed by atoms with E-state index < -0.39 is 0 Å². The zero-order chi connectivity index (χ0) is 15.6. The predicted octanol–water partition coefficient (Wildman–Crippen LogP) is 3.45. The second-order valence-corrected chi connectivity index (χ2v) is 5.75. The van der Waals surface area contributed by atoms with E-state index in [2.05, 4.69) is 22.2 Å². The summed E-state index contributed by atoms with van der Waals surface area (Å²) in [6.07, 6.45) is 0. The maximum absolute atomic E-state index is 12.1. The van der Waals surface area contributed by atoms with Crippen molar-refractivity contribution in [3.05, 3.63) is 62.3 Å². The van der Waals surface area contributed by atoms with E-state index in [0.29, 0.717) is 16.4 Å². The Bertz CT molecular complexity index is 679. The lowest BCUT2D eigenvalue weighted by Gasteiger charge is -2.21. The van der Waals surface area contributed by atoms with Crippen molar-refractivity contribution in [3.63, 3.8) is 0 Å². The summed E-state index contributed by atoms with van der Waals surface area (Å²) >= 11 is 5.90. The molecule has 21 heavy (non-hydrogen) atoms. The van der Waals surface area contributed by atoms with Crippen molar-refractivity contribution in [1.82, 2.24) is 15.3 Å². The van der Waals surface area contributed by atoms with Gasteiger partial charge in [0.2, 0.25) is 0 Å². The number of aryl methyl sites for hydroxylation is 2. The van der Waals surface area contributed by atoms with Gasteiger partial charge < -0.3 is 10.3 Å². The number of aromatic amines is 1. The molecule has 0 aliphatic rings. The summed E-state index contributed by atoms with van der Waals surface area (Å²) in [4.78, 5) is 19.2. The fourth-order valence-corrected chi connectivity index (χ4v) is 2.68. The number of hydrogen-bond donors (Lipinski definition) is 2. The van der Waals surface area contributed by atoms with E-state index in [-0.39, 0.29) is 17.6 Å². The van der Waals surface area contributed by atoms with Gasteiger partial charge in [0.15, 0.2) is 0 Å². The largest absolute Gasteiger partial charge is 0.310 e. The first-order valence-corrected chi connectivity index (χ1v) is 7.35. The Kier molecular flexibility index (Phi) is 4.80. The fraction of sp³-hybridized carbons (Fsp3) is 0.375. The molecule has 0 amide bonds. The molecule has 0 aliphatic carbocycles. The molecule has 2 rings (SSSR count). The minimum Gasteiger partial charge on any atom is -0.310 e. The molecule has 2 aromatic rings. The minimum atomic E-state index is -0.0903. The van der Waals surface area contributed by atoms with Gasteiger partial charge >= 0.3 is 0 Å². The summed E-state index contributed by atoms with van der Waals surface area (Å²) in [5, 5.41) is 4.15. The number of hydrogen-bond acceptors (Lipinski definition) is 3. The fourth-order valence-electron chi connectivity index (χ4n) is 2.55. The van der Waals surface area contributed by atoms with E-state index in [9.17, 15) is 4.79 Å². The summed E-state index contributed by atoms with van der Waals surface area (Å²) < 4.78 is 0. The van der Waals surface area contributed by atoms with E-state index in [1.165, 1.54) is 0 Å². The van der Waals surface area contributed by atoms with Gasteiger partial charge in [-0.25, -0.2) is 4.98 Å². The molecule has 0 bridgehead atoms. The van der Waals surface area contributed by atoms with Crippen LogP contribution >= 0.6 is 11.6 Å². The van der Waals surface area contributed by atoms with Crippen LogP contribution in [0.15, 0.2) is 29.1 Å². The number of nitrogens with zero attached hydrogens (tertiary/aromatic N) is 1. The Morgan fingerprint density at radius 3 is 2.33 bits per heavy atom. The predicted molar refractivity (Wildman–Crippen MR) is 85.7 cm³/mol. The Hall–Kier alpha value is -1.65. The number of aromatic nitrogens is 2. The average molecular weight is 306 g/mol. The van der Waals surface area contributed by atoms with Gasteiger partial charge in [0.05, 0.1) is 5.56 Å². The second-order valence-electron chi connectivity index (χ2n) is 5.31. The highest BCUT2D eigenvalue weighted by molar-refractivity contribution is 6.30. The number of rotatable bonds is 4. The molecule has 0 radical (unpaired) electrons. The van der Waals surface area contributed by atoms with Crippen molar-refractivity contribution in [1.29, 1.82) is 0 Å². The molecule has 1 heterocycles. The van der Waals surface area contributed by atoms with Crippen molar-refractivity contribution in [2.75, 3.05) is 0 Å². The van der Waals surface area contributed by atoms with E-state index in [0.717, 1.165) is 11.3 Å². The molecule has 0 fully saturated rings. The molecule has 1 aromatic carbocycles. The average Bonchev–Trinajstić information content (AvgIpc) is 2.37. The number of benzene rings is 1. The highest BCUT2D eigenvalue weighted by Gasteiger charge is 2.17. The highest BCUT2D eigenvalue weighted by Crippen LogP contribution is 2.20. The lowest BCUT2D eigenvalue weighted by Crippen LogP contribution is -2.29. The molecular weight excluding hydrogens is 286 g/mol. The molecule has 5 heteroatoms. The van der Waals surface area contributed by atoms with Gasteiger partial charge in [0, 0.05) is 22.8 Å². The van der Waals surface area contributed by atoms with Crippen LogP contribution in [0.2, 0.25) is 5.02 Å². The lowest BCUT2D eigenvalue weighted by atomic mass is 10.0. The van der Waals surface area contributed by atoms with E-state index in [1.807, 2.05) is 38.1 Å². The van der Waals surface area contributed by atoms with Gasteiger partial charge in [-0.2, -0.15) is 0 Å². The van der Waals surface area contributed by atoms with Gasteiger partial charge in [-0.1, -0.05) is 23.7 Å². The van der Waals surface area contributed by atoms with Crippen molar-refractivity contribution < 1.29 is 0 Å². The summed E-state index contributed by atoms with van der Waals surface area (Å²) in [5.41, 5.74) is 2.49. The van der Waals surface area contributed by atoms with Crippen molar-refractivity contribution in [2.24, 2.45) is 0 Å². The highest BCUT2D eigenvalue weighted by atomic mass is 35.5. The van der Waals surface area contributed by atoms with Crippen LogP contribution < -0.4 is 10.9 Å². The van der Waals surface area contributed by atoms with E-state index in [4.69, 9.17) is 11.6 Å². The molecule has 4 nitrogen and oxygen atoms in total. The minimum absolute atomic E-state index is 0.0803. The summed E-state index contributed by atoms with van der Waals surface area (Å²) in [7, 11) is 0. The lowest BCUT2D eigenvalue weighted by molar-refractivity contribution is 0.487. The Balaban J connectivity index is 2.20. The van der Waals surface area contributed by atoms with Crippen LogP contribution in [0.5, 0.6) is 0 Å². The van der Waals surface area contributed by atoms with Gasteiger partial charge in [-0.3, -0.25) is 4.79 Å². The zero-order valence-corrected chi connectivity index (χ0v) is 13.5. The molecule has 2 atom stereocenters. The van der Waals surface area contributed by atoms with Gasteiger partial charge in [0.1, 0.15) is 5.82 Å². The van der Waals surface area contributed by atoms with E-state index in [1.54, 1.807) is 6.92 Å². The molecule has 0 spiro atoms. The normalized spacial score (nSPS) is 14.0. The molecule has 1 aromatic heterocycles. The topological polar surface area (TPSA) is 57.8 Å². The Morgan fingerprint density at radius 2 is 1.76 bits per heavy atom. The monoisotopic (exact) mass is 305 g/mol. The zero-order valence-electron chi connectivity index (χ0n) is 12.7. The smallest absolute Gasteiger partial charge is 0.255 e. The molecule has 0 saturated heterocycles. The van der Waals surface area contributed by atoms with E-state index >= 15 is 0 Å². The third-order valence-corrected chi connectivity index (χ3v) is 3.82. The van der Waals surface area contributed by atoms with Crippen LogP contribution in [0.1, 0.15) is 48.6 Å². The standard InChI is InChI=1S/C16H20ClN3O/c1-9(13-5-7-14(17)8-6-13)18-10(2)15-11(3)19-12(4)20-16(15)21/h5-10,18H,1-4H3,(H,19,20,21)/t9-,10?/m0/s1. The van der Waals surface area contributed by atoms with Gasteiger partial charge in [0.25, 0.3) is 5.56 Å². The number of nitrogens with one attached hydrogen (secondary N) is 2. The molecule has 2 N–H and O–H groups in total. The maximum Gasteiger partial charge on any atom is 0.255 e. The summed E-state index contributed by atoms with van der Waals surface area (Å²) in [5.74, 6) is 0.638. The maximum atomic E-state index is 12.1. The van der Waals surface area contributed by atoms with Gasteiger partial charge in [-0.15, -0.1) is 0 Å². The van der Waals surface area contributed by atoms with Crippen LogP contribution in [0.25, 0.3) is 0 Å². The summed E-state index contributed by atoms with van der Waals surface area (Å²) in [6.45, 7) is 7.68. The van der Waals surface area contributed by atoms with Crippen molar-refractivity contribution in [2.45, 2.75) is 39.8 Å². The molecular formula is C16H20ClN3O. The Morgan fingerprint density at radius 1 is 1.14 bits per heavy atom. The third kappa shape index (κ3) is 3.71. The van der Waals surface area contributed by atoms with Gasteiger partial charge in [-0.05, 0) is 45.4 Å². The van der Waals surface area contributed by atoms with Crippen molar-refractivity contribution >= 4 is 11.6 Å². The first-order valence-electron chi connectivity index (χ1n) is 6.97. The number of halogens is 1. The van der Waals surface area contributed by atoms with Crippen LogP contribution in [0, 0.1) is 13.8 Å². The van der Waals surface area contributed by atoms with Crippen LogP contribution in [-0.4, -0.2) is 9.97 Å². The molecule has 112 valence electrons. The van der Waals surface area contributed by atoms with Crippen LogP contribution in [0.3, 0.4) is 0 Å². The Labute approximate surface area is 129 Å². The summed E-state index contributed by atoms with van der Waals surface area (Å²) in [6, 6.07) is 7.72. The molecule has 1 unspecified atom stereocenters. The van der Waals surface area contributed by atoms with Crippen molar-refractivity contribution in [3.8, 4) is 0 Å². The SMILES string of the molecule is Cc1nc(C)c(C(C)N[C@@H](C)c2ccc(Cl)cc2)c(=O)[nH]1. The number of H-pyrrole nitrogens is 1. The van der Waals surface area contributed by atoms with Crippen LogP contribution in [0.4, 0.5) is 0 Å². The first-order chi connectivity index (χ1) is 9.88. The molecule has 0 saturated carbocycles. The molecule has 0 aliphatic heterocycles.